The number of carbonyl (C=O) groups excluding carboxylic acids is 2. The Morgan fingerprint density at radius 2 is 1.65 bits per heavy atom. The van der Waals surface area contributed by atoms with Crippen molar-refractivity contribution in [1.82, 2.24) is 5.43 Å². The van der Waals surface area contributed by atoms with Crippen LogP contribution in [0.2, 0.25) is 5.02 Å². The molecule has 0 heterocycles. The van der Waals surface area contributed by atoms with E-state index in [1.165, 1.54) is 6.21 Å². The van der Waals surface area contributed by atoms with Crippen LogP contribution in [0, 0.1) is 0 Å². The monoisotopic (exact) mass is 516 g/mol. The van der Waals surface area contributed by atoms with E-state index >= 15 is 0 Å². The van der Waals surface area contributed by atoms with Gasteiger partial charge in [-0.05, 0) is 79.2 Å². The summed E-state index contributed by atoms with van der Waals surface area (Å²) in [4.78, 5) is 25.4. The molecule has 0 saturated carbocycles. The Hall–Kier alpha value is -4.36. The highest BCUT2D eigenvalue weighted by molar-refractivity contribution is 6.30. The lowest BCUT2D eigenvalue weighted by Gasteiger charge is -2.13. The van der Waals surface area contributed by atoms with Crippen LogP contribution < -0.4 is 19.6 Å². The number of amides is 1. The van der Waals surface area contributed by atoms with Gasteiger partial charge in [-0.3, -0.25) is 4.79 Å². The van der Waals surface area contributed by atoms with Gasteiger partial charge in [-0.1, -0.05) is 41.9 Å². The van der Waals surface area contributed by atoms with Crippen molar-refractivity contribution in [2.24, 2.45) is 5.10 Å². The van der Waals surface area contributed by atoms with Crippen LogP contribution in [0.4, 0.5) is 0 Å². The van der Waals surface area contributed by atoms with E-state index < -0.39 is 18.0 Å². The van der Waals surface area contributed by atoms with E-state index in [2.05, 4.69) is 10.5 Å². The lowest BCUT2D eigenvalue weighted by atomic mass is 10.0. The van der Waals surface area contributed by atoms with E-state index in [4.69, 9.17) is 25.8 Å². The highest BCUT2D eigenvalue weighted by Crippen LogP contribution is 2.28. The molecule has 4 aromatic rings. The summed E-state index contributed by atoms with van der Waals surface area (Å²) < 4.78 is 16.8. The number of rotatable bonds is 9. The Labute approximate surface area is 219 Å². The highest BCUT2D eigenvalue weighted by atomic mass is 35.5. The van der Waals surface area contributed by atoms with Crippen LogP contribution >= 0.6 is 11.6 Å². The molecular weight excluding hydrogens is 492 g/mol. The van der Waals surface area contributed by atoms with Crippen LogP contribution in [-0.2, 0) is 4.79 Å². The van der Waals surface area contributed by atoms with Gasteiger partial charge in [-0.25, -0.2) is 10.2 Å². The molecule has 8 heteroatoms. The van der Waals surface area contributed by atoms with Gasteiger partial charge in [0.15, 0.2) is 6.10 Å². The van der Waals surface area contributed by atoms with E-state index in [1.807, 2.05) is 37.3 Å². The van der Waals surface area contributed by atoms with Crippen molar-refractivity contribution < 1.29 is 23.8 Å². The molecule has 1 unspecified atom stereocenters. The third-order valence-corrected chi connectivity index (χ3v) is 5.65. The fourth-order valence-corrected chi connectivity index (χ4v) is 3.66. The maximum atomic E-state index is 12.8. The minimum Gasteiger partial charge on any atom is -0.494 e. The van der Waals surface area contributed by atoms with Crippen LogP contribution in [0.25, 0.3) is 10.8 Å². The predicted octanol–water partition coefficient (Wildman–Crippen LogP) is 6.03. The van der Waals surface area contributed by atoms with Gasteiger partial charge in [0.1, 0.15) is 17.2 Å². The molecule has 188 valence electrons. The molecule has 0 aromatic heterocycles. The summed E-state index contributed by atoms with van der Waals surface area (Å²) in [6.45, 7) is 4.04. The first-order chi connectivity index (χ1) is 17.9. The first-order valence-electron chi connectivity index (χ1n) is 11.7. The topological polar surface area (TPSA) is 86.2 Å². The number of benzene rings is 4. The molecule has 0 aliphatic rings. The summed E-state index contributed by atoms with van der Waals surface area (Å²) in [5, 5.41) is 6.41. The number of nitrogens with zero attached hydrogens (tertiary/aromatic N) is 1. The van der Waals surface area contributed by atoms with Crippen molar-refractivity contribution in [2.45, 2.75) is 20.0 Å². The molecular formula is C29H25ClN2O5. The fraction of sp³-hybridized carbons (Fsp3) is 0.138. The van der Waals surface area contributed by atoms with E-state index in [9.17, 15) is 9.59 Å². The van der Waals surface area contributed by atoms with Crippen molar-refractivity contribution in [3.05, 3.63) is 101 Å². The molecule has 4 rings (SSSR count). The van der Waals surface area contributed by atoms with Crippen LogP contribution in [0.15, 0.2) is 90.0 Å². The molecule has 7 nitrogen and oxygen atoms in total. The molecule has 1 atom stereocenters. The maximum absolute atomic E-state index is 12.8. The fourth-order valence-electron chi connectivity index (χ4n) is 3.53. The average molecular weight is 517 g/mol. The first-order valence-corrected chi connectivity index (χ1v) is 12.0. The SMILES string of the molecule is CCOc1ccc(C(=O)Oc2ccc3ccccc3c2/C=N/NC(=O)C(C)Oc2ccc(Cl)cc2)cc1. The minimum atomic E-state index is -0.803. The molecule has 1 N–H and O–H groups in total. The van der Waals surface area contributed by atoms with Crippen LogP contribution in [0.3, 0.4) is 0 Å². The van der Waals surface area contributed by atoms with E-state index in [0.717, 1.165) is 10.8 Å². The molecule has 0 aliphatic carbocycles. The highest BCUT2D eigenvalue weighted by Gasteiger charge is 2.16. The van der Waals surface area contributed by atoms with E-state index in [-0.39, 0.29) is 0 Å². The molecule has 0 radical (unpaired) electrons. The molecule has 0 spiro atoms. The number of halogens is 1. The lowest BCUT2D eigenvalue weighted by molar-refractivity contribution is -0.127. The number of carbonyl (C=O) groups is 2. The zero-order valence-electron chi connectivity index (χ0n) is 20.3. The Morgan fingerprint density at radius 3 is 2.38 bits per heavy atom. The number of hydrazone groups is 1. The van der Waals surface area contributed by atoms with Gasteiger partial charge in [0, 0.05) is 10.6 Å². The van der Waals surface area contributed by atoms with Gasteiger partial charge >= 0.3 is 5.97 Å². The van der Waals surface area contributed by atoms with Crippen molar-refractivity contribution in [1.29, 1.82) is 0 Å². The summed E-state index contributed by atoms with van der Waals surface area (Å²) in [7, 11) is 0. The number of hydrogen-bond acceptors (Lipinski definition) is 6. The van der Waals surface area contributed by atoms with Crippen molar-refractivity contribution >= 4 is 40.5 Å². The smallest absolute Gasteiger partial charge is 0.343 e. The van der Waals surface area contributed by atoms with Crippen LogP contribution in [-0.4, -0.2) is 30.8 Å². The second kappa shape index (κ2) is 12.1. The summed E-state index contributed by atoms with van der Waals surface area (Å²) >= 11 is 5.89. The van der Waals surface area contributed by atoms with Crippen molar-refractivity contribution in [3.8, 4) is 17.2 Å². The Kier molecular flexibility index (Phi) is 8.38. The third-order valence-electron chi connectivity index (χ3n) is 5.40. The molecule has 0 fully saturated rings. The van der Waals surface area contributed by atoms with E-state index in [1.54, 1.807) is 61.5 Å². The minimum absolute atomic E-state index is 0.307. The normalized spacial score (nSPS) is 11.8. The summed E-state index contributed by atoms with van der Waals surface area (Å²) in [5.41, 5.74) is 3.40. The number of nitrogens with one attached hydrogen (secondary N) is 1. The van der Waals surface area contributed by atoms with Crippen LogP contribution in [0.5, 0.6) is 17.2 Å². The Balaban J connectivity index is 1.51. The van der Waals surface area contributed by atoms with Gasteiger partial charge in [-0.15, -0.1) is 0 Å². The molecule has 1 amide bonds. The molecule has 0 aliphatic heterocycles. The molecule has 4 aromatic carbocycles. The summed E-state index contributed by atoms with van der Waals surface area (Å²) in [5.74, 6) is 0.513. The number of fused-ring (bicyclic) bond motifs is 1. The standard InChI is InChI=1S/C29H25ClN2O5/c1-3-35-23-13-8-21(9-14-23)29(34)37-27-17-10-20-6-4-5-7-25(20)26(27)18-31-32-28(33)19(2)36-24-15-11-22(30)12-16-24/h4-19H,3H2,1-2H3,(H,32,33)/b31-18+. The van der Waals surface area contributed by atoms with Crippen molar-refractivity contribution in [3.63, 3.8) is 0 Å². The van der Waals surface area contributed by atoms with E-state index in [0.29, 0.717) is 40.0 Å². The zero-order valence-corrected chi connectivity index (χ0v) is 21.1. The zero-order chi connectivity index (χ0) is 26.2. The lowest BCUT2D eigenvalue weighted by Crippen LogP contribution is -2.33. The number of hydrogen-bond donors (Lipinski definition) is 1. The summed E-state index contributed by atoms with van der Waals surface area (Å²) in [6.07, 6.45) is 0.651. The summed E-state index contributed by atoms with van der Waals surface area (Å²) in [6, 6.07) is 24.6. The molecule has 0 bridgehead atoms. The van der Waals surface area contributed by atoms with Gasteiger partial charge in [0.2, 0.25) is 0 Å². The van der Waals surface area contributed by atoms with Crippen LogP contribution in [0.1, 0.15) is 29.8 Å². The second-order valence-electron chi connectivity index (χ2n) is 7.99. The molecule has 37 heavy (non-hydrogen) atoms. The predicted molar refractivity (Wildman–Crippen MR) is 144 cm³/mol. The number of ether oxygens (including phenoxy) is 3. The Morgan fingerprint density at radius 1 is 0.946 bits per heavy atom. The Bertz CT molecular complexity index is 1420. The molecule has 0 saturated heterocycles. The first kappa shape index (κ1) is 25.7. The van der Waals surface area contributed by atoms with Gasteiger partial charge < -0.3 is 14.2 Å². The largest absolute Gasteiger partial charge is 0.494 e. The maximum Gasteiger partial charge on any atom is 0.343 e. The third kappa shape index (κ3) is 6.65. The second-order valence-corrected chi connectivity index (χ2v) is 8.43. The quantitative estimate of drug-likeness (QED) is 0.127. The van der Waals surface area contributed by atoms with Crippen molar-refractivity contribution in [2.75, 3.05) is 6.61 Å². The average Bonchev–Trinajstić information content (AvgIpc) is 2.91. The number of esters is 1. The van der Waals surface area contributed by atoms with Gasteiger partial charge in [-0.2, -0.15) is 5.10 Å². The van der Waals surface area contributed by atoms with Gasteiger partial charge in [0.05, 0.1) is 18.4 Å². The van der Waals surface area contributed by atoms with Gasteiger partial charge in [0.25, 0.3) is 5.91 Å².